The minimum atomic E-state index is -2.87. The molecule has 0 aliphatic rings. The summed E-state index contributed by atoms with van der Waals surface area (Å²) in [6, 6.07) is 8.06. The van der Waals surface area contributed by atoms with Gasteiger partial charge in [-0.05, 0) is 0 Å². The van der Waals surface area contributed by atoms with Gasteiger partial charge in [-0.1, -0.05) is 30.3 Å². The fraction of sp³-hybridized carbons (Fsp3) is 0.300. The Bertz CT molecular complexity index is 298. The van der Waals surface area contributed by atoms with Crippen LogP contribution in [-0.2, 0) is 0 Å². The Balaban J connectivity index is 2.60. The molecule has 0 fully saturated rings. The molecule has 1 atom stereocenters. The Morgan fingerprint density at radius 2 is 1.86 bits per heavy atom. The molecule has 0 amide bonds. The minimum absolute atomic E-state index is 0.340. The number of halogens is 2. The van der Waals surface area contributed by atoms with Crippen molar-refractivity contribution in [1.29, 1.82) is 0 Å². The van der Waals surface area contributed by atoms with Crippen LogP contribution in [-0.4, -0.2) is 23.4 Å². The second kappa shape index (κ2) is 4.81. The SMILES string of the molecule is O=C(CC(O)C(F)F)c1ccccc1. The van der Waals surface area contributed by atoms with E-state index in [0.29, 0.717) is 5.56 Å². The van der Waals surface area contributed by atoms with E-state index in [1.807, 2.05) is 0 Å². The largest absolute Gasteiger partial charge is 0.387 e. The van der Waals surface area contributed by atoms with Gasteiger partial charge in [-0.15, -0.1) is 0 Å². The van der Waals surface area contributed by atoms with Crippen molar-refractivity contribution in [1.82, 2.24) is 0 Å². The molecule has 0 saturated carbocycles. The van der Waals surface area contributed by atoms with Gasteiger partial charge in [0.05, 0.1) is 0 Å². The number of hydrogen-bond donors (Lipinski definition) is 1. The first-order valence-electron chi connectivity index (χ1n) is 4.15. The number of aliphatic hydroxyl groups is 1. The van der Waals surface area contributed by atoms with E-state index in [4.69, 9.17) is 5.11 Å². The summed E-state index contributed by atoms with van der Waals surface area (Å²) in [5.41, 5.74) is 0.340. The summed E-state index contributed by atoms with van der Waals surface area (Å²) in [5.74, 6) is -0.474. The molecule has 0 aromatic heterocycles. The zero-order valence-corrected chi connectivity index (χ0v) is 7.36. The normalized spacial score (nSPS) is 12.9. The van der Waals surface area contributed by atoms with E-state index in [2.05, 4.69) is 0 Å². The molecule has 0 spiro atoms. The molecule has 0 aliphatic carbocycles. The van der Waals surface area contributed by atoms with E-state index in [1.165, 1.54) is 12.1 Å². The molecule has 0 aliphatic heterocycles. The van der Waals surface area contributed by atoms with Gasteiger partial charge in [-0.2, -0.15) is 0 Å². The fourth-order valence-electron chi connectivity index (χ4n) is 1.02. The van der Waals surface area contributed by atoms with Crippen molar-refractivity contribution in [3.05, 3.63) is 35.9 Å². The van der Waals surface area contributed by atoms with E-state index in [1.54, 1.807) is 18.2 Å². The molecular formula is C10H10F2O2. The zero-order valence-electron chi connectivity index (χ0n) is 7.36. The van der Waals surface area contributed by atoms with Gasteiger partial charge in [0.15, 0.2) is 5.78 Å². The van der Waals surface area contributed by atoms with Crippen LogP contribution in [0.3, 0.4) is 0 Å². The summed E-state index contributed by atoms with van der Waals surface area (Å²) in [5, 5.41) is 8.79. The lowest BCUT2D eigenvalue weighted by Crippen LogP contribution is -2.21. The molecule has 4 heteroatoms. The number of ketones is 1. The van der Waals surface area contributed by atoms with Crippen LogP contribution in [0.25, 0.3) is 0 Å². The van der Waals surface area contributed by atoms with Crippen LogP contribution in [0.1, 0.15) is 16.8 Å². The summed E-state index contributed by atoms with van der Waals surface area (Å²) in [7, 11) is 0. The van der Waals surface area contributed by atoms with Crippen LogP contribution < -0.4 is 0 Å². The lowest BCUT2D eigenvalue weighted by atomic mass is 10.1. The van der Waals surface area contributed by atoms with Crippen molar-refractivity contribution >= 4 is 5.78 Å². The van der Waals surface area contributed by atoms with Crippen molar-refractivity contribution in [2.45, 2.75) is 19.0 Å². The van der Waals surface area contributed by atoms with Crippen molar-refractivity contribution in [2.75, 3.05) is 0 Å². The van der Waals surface area contributed by atoms with Gasteiger partial charge in [0.25, 0.3) is 6.43 Å². The van der Waals surface area contributed by atoms with Crippen LogP contribution >= 0.6 is 0 Å². The third-order valence-corrected chi connectivity index (χ3v) is 1.78. The molecule has 1 N–H and O–H groups in total. The molecule has 14 heavy (non-hydrogen) atoms. The predicted octanol–water partition coefficient (Wildman–Crippen LogP) is 1.89. The van der Waals surface area contributed by atoms with Crippen LogP contribution in [0.2, 0.25) is 0 Å². The lowest BCUT2D eigenvalue weighted by molar-refractivity contribution is -0.00608. The van der Waals surface area contributed by atoms with Gasteiger partial charge in [0.2, 0.25) is 0 Å². The molecule has 1 unspecified atom stereocenters. The molecule has 1 aromatic rings. The first kappa shape index (κ1) is 10.8. The van der Waals surface area contributed by atoms with Crippen molar-refractivity contribution in [3.63, 3.8) is 0 Å². The van der Waals surface area contributed by atoms with Gasteiger partial charge in [-0.3, -0.25) is 4.79 Å². The molecule has 1 rings (SSSR count). The third kappa shape index (κ3) is 2.88. The highest BCUT2D eigenvalue weighted by molar-refractivity contribution is 5.96. The molecule has 0 radical (unpaired) electrons. The number of aliphatic hydroxyl groups excluding tert-OH is 1. The van der Waals surface area contributed by atoms with E-state index >= 15 is 0 Å². The van der Waals surface area contributed by atoms with Gasteiger partial charge >= 0.3 is 0 Å². The Morgan fingerprint density at radius 3 is 2.36 bits per heavy atom. The molecule has 2 nitrogen and oxygen atoms in total. The number of rotatable bonds is 4. The van der Waals surface area contributed by atoms with E-state index in [9.17, 15) is 13.6 Å². The maximum Gasteiger partial charge on any atom is 0.264 e. The average Bonchev–Trinajstić information content (AvgIpc) is 2.19. The molecular weight excluding hydrogens is 190 g/mol. The number of hydrogen-bond acceptors (Lipinski definition) is 2. The Kier molecular flexibility index (Phi) is 3.71. The van der Waals surface area contributed by atoms with E-state index in [0.717, 1.165) is 0 Å². The van der Waals surface area contributed by atoms with Gasteiger partial charge in [-0.25, -0.2) is 8.78 Å². The molecule has 0 heterocycles. The zero-order chi connectivity index (χ0) is 10.6. The maximum absolute atomic E-state index is 11.9. The maximum atomic E-state index is 11.9. The van der Waals surface area contributed by atoms with Crippen molar-refractivity contribution < 1.29 is 18.7 Å². The molecule has 0 saturated heterocycles. The van der Waals surface area contributed by atoms with Crippen LogP contribution in [0.15, 0.2) is 30.3 Å². The Hall–Kier alpha value is -1.29. The Labute approximate surface area is 80.2 Å². The van der Waals surface area contributed by atoms with E-state index in [-0.39, 0.29) is 0 Å². The van der Waals surface area contributed by atoms with Gasteiger partial charge in [0.1, 0.15) is 6.10 Å². The Morgan fingerprint density at radius 1 is 1.29 bits per heavy atom. The standard InChI is InChI=1S/C10H10F2O2/c11-10(12)9(14)6-8(13)7-4-2-1-3-5-7/h1-5,9-10,14H,6H2. The molecule has 76 valence electrons. The second-order valence-corrected chi connectivity index (χ2v) is 2.90. The second-order valence-electron chi connectivity index (χ2n) is 2.90. The molecule has 0 bridgehead atoms. The van der Waals surface area contributed by atoms with Crippen molar-refractivity contribution in [3.8, 4) is 0 Å². The smallest absolute Gasteiger partial charge is 0.264 e. The highest BCUT2D eigenvalue weighted by Crippen LogP contribution is 2.10. The lowest BCUT2D eigenvalue weighted by Gasteiger charge is -2.07. The van der Waals surface area contributed by atoms with Gasteiger partial charge < -0.3 is 5.11 Å². The first-order chi connectivity index (χ1) is 6.61. The van der Waals surface area contributed by atoms with Crippen LogP contribution in [0.5, 0.6) is 0 Å². The summed E-state index contributed by atoms with van der Waals surface area (Å²) >= 11 is 0. The molecule has 1 aromatic carbocycles. The van der Waals surface area contributed by atoms with Crippen molar-refractivity contribution in [2.24, 2.45) is 0 Å². The number of alkyl halides is 2. The quantitative estimate of drug-likeness (QED) is 0.753. The summed E-state index contributed by atoms with van der Waals surface area (Å²) in [4.78, 5) is 11.3. The number of Topliss-reactive ketones (excluding diaryl/α,β-unsaturated/α-hetero) is 1. The summed E-state index contributed by atoms with van der Waals surface area (Å²) in [6.07, 6.45) is -5.29. The number of benzene rings is 1. The number of carbonyl (C=O) groups excluding carboxylic acids is 1. The van der Waals surface area contributed by atoms with Gasteiger partial charge in [0, 0.05) is 12.0 Å². The summed E-state index contributed by atoms with van der Waals surface area (Å²) in [6.45, 7) is 0. The average molecular weight is 200 g/mol. The van der Waals surface area contributed by atoms with E-state index < -0.39 is 24.7 Å². The van der Waals surface area contributed by atoms with Crippen LogP contribution in [0.4, 0.5) is 8.78 Å². The first-order valence-corrected chi connectivity index (χ1v) is 4.15. The van der Waals surface area contributed by atoms with Crippen LogP contribution in [0, 0.1) is 0 Å². The number of carbonyl (C=O) groups is 1. The topological polar surface area (TPSA) is 37.3 Å². The minimum Gasteiger partial charge on any atom is -0.387 e. The third-order valence-electron chi connectivity index (χ3n) is 1.78. The highest BCUT2D eigenvalue weighted by atomic mass is 19.3. The fourth-order valence-corrected chi connectivity index (χ4v) is 1.02. The summed E-state index contributed by atoms with van der Waals surface area (Å²) < 4.78 is 23.8. The monoisotopic (exact) mass is 200 g/mol. The predicted molar refractivity (Wildman–Crippen MR) is 47.4 cm³/mol. The highest BCUT2D eigenvalue weighted by Gasteiger charge is 2.20.